The smallest absolute Gasteiger partial charge is 0.262 e. The lowest BCUT2D eigenvalue weighted by molar-refractivity contribution is -0.145. The Hall–Kier alpha value is -3.17. The van der Waals surface area contributed by atoms with E-state index in [0.29, 0.717) is 49.6 Å². The minimum absolute atomic E-state index is 0.00256. The lowest BCUT2D eigenvalue weighted by atomic mass is 9.84. The zero-order chi connectivity index (χ0) is 25.8. The maximum Gasteiger partial charge on any atom is 0.262 e. The van der Waals surface area contributed by atoms with Crippen molar-refractivity contribution in [1.82, 2.24) is 14.8 Å². The molecule has 0 spiro atoms. The Balaban J connectivity index is 1.37. The van der Waals surface area contributed by atoms with Crippen molar-refractivity contribution < 1.29 is 23.1 Å². The average Bonchev–Trinajstić information content (AvgIpc) is 3.32. The highest BCUT2D eigenvalue weighted by Gasteiger charge is 2.37. The third kappa shape index (κ3) is 5.88. The molecule has 2 aromatic carbocycles. The van der Waals surface area contributed by atoms with E-state index in [0.717, 1.165) is 32.4 Å². The fourth-order valence-electron chi connectivity index (χ4n) is 5.05. The van der Waals surface area contributed by atoms with Gasteiger partial charge in [-0.05, 0) is 36.6 Å². The van der Waals surface area contributed by atoms with E-state index in [1.54, 1.807) is 35.2 Å². The molecule has 0 bridgehead atoms. The zero-order valence-corrected chi connectivity index (χ0v) is 20.8. The summed E-state index contributed by atoms with van der Waals surface area (Å²) in [4.78, 5) is 30.8. The first-order valence-corrected chi connectivity index (χ1v) is 13.0. The Bertz CT molecular complexity index is 1150. The monoisotopic (exact) mass is 510 g/mol. The Kier molecular flexibility index (Phi) is 7.90. The molecular formula is C28H32F2N4O3. The van der Waals surface area contributed by atoms with Crippen molar-refractivity contribution in [2.75, 3.05) is 45.9 Å². The fraction of sp³-hybridized carbons (Fsp3) is 0.464. The van der Waals surface area contributed by atoms with Crippen molar-refractivity contribution in [1.29, 1.82) is 0 Å². The van der Waals surface area contributed by atoms with Gasteiger partial charge in [0.05, 0.1) is 25.0 Å². The number of rotatable bonds is 8. The minimum Gasteiger partial charge on any atom is -0.379 e. The Morgan fingerprint density at radius 2 is 1.76 bits per heavy atom. The highest BCUT2D eigenvalue weighted by atomic mass is 19.1. The van der Waals surface area contributed by atoms with Crippen LogP contribution in [-0.4, -0.2) is 78.3 Å². The van der Waals surface area contributed by atoms with Crippen LogP contribution < -0.4 is 0 Å². The average molecular weight is 511 g/mol. The molecule has 1 atom stereocenters. The predicted molar refractivity (Wildman–Crippen MR) is 135 cm³/mol. The Morgan fingerprint density at radius 3 is 2.43 bits per heavy atom. The van der Waals surface area contributed by atoms with Crippen LogP contribution in [0, 0.1) is 17.6 Å². The molecule has 9 heteroatoms. The molecule has 3 aliphatic rings. The molecule has 0 radical (unpaired) electrons. The van der Waals surface area contributed by atoms with Gasteiger partial charge in [0.1, 0.15) is 18.2 Å². The van der Waals surface area contributed by atoms with Crippen LogP contribution >= 0.6 is 0 Å². The number of morpholine rings is 1. The van der Waals surface area contributed by atoms with Crippen molar-refractivity contribution in [2.24, 2.45) is 11.0 Å². The van der Waals surface area contributed by atoms with Crippen LogP contribution in [0.2, 0.25) is 0 Å². The van der Waals surface area contributed by atoms with Crippen molar-refractivity contribution in [3.05, 3.63) is 71.3 Å². The van der Waals surface area contributed by atoms with E-state index in [-0.39, 0.29) is 30.1 Å². The van der Waals surface area contributed by atoms with Crippen LogP contribution in [0.15, 0.2) is 53.6 Å². The highest BCUT2D eigenvalue weighted by molar-refractivity contribution is 6.03. The first-order chi connectivity index (χ1) is 18.0. The zero-order valence-electron chi connectivity index (χ0n) is 20.8. The standard InChI is InChI=1S/C28H32F2N4O3/c29-22-10-8-20(9-11-22)25-18-26(23-6-1-2-7-24(23)30)34(31-25)27(35)19-33(28(36)21-4-3-5-21)13-12-32-14-16-37-17-15-32/h1-2,6-11,21,26H,3-5,12-19H2. The molecule has 1 saturated carbocycles. The molecule has 2 fully saturated rings. The van der Waals surface area contributed by atoms with Crippen molar-refractivity contribution in [3.8, 4) is 0 Å². The van der Waals surface area contributed by atoms with E-state index in [9.17, 15) is 18.4 Å². The second kappa shape index (κ2) is 11.5. The van der Waals surface area contributed by atoms with Gasteiger partial charge in [0.15, 0.2) is 0 Å². The summed E-state index contributed by atoms with van der Waals surface area (Å²) in [6, 6.07) is 11.6. The fourth-order valence-corrected chi connectivity index (χ4v) is 5.05. The Labute approximate surface area is 215 Å². The maximum atomic E-state index is 14.8. The second-order valence-electron chi connectivity index (χ2n) is 9.87. The van der Waals surface area contributed by atoms with Crippen LogP contribution in [0.5, 0.6) is 0 Å². The molecule has 2 aliphatic heterocycles. The first kappa shape index (κ1) is 25.5. The van der Waals surface area contributed by atoms with Gasteiger partial charge in [0.2, 0.25) is 5.91 Å². The number of halogens is 2. The number of ether oxygens (including phenoxy) is 1. The molecule has 2 aromatic rings. The van der Waals surface area contributed by atoms with Crippen molar-refractivity contribution in [3.63, 3.8) is 0 Å². The van der Waals surface area contributed by atoms with E-state index >= 15 is 0 Å². The summed E-state index contributed by atoms with van der Waals surface area (Å²) in [6.45, 7) is 3.90. The summed E-state index contributed by atoms with van der Waals surface area (Å²) in [7, 11) is 0. The topological polar surface area (TPSA) is 65.5 Å². The van der Waals surface area contributed by atoms with Crippen LogP contribution in [-0.2, 0) is 14.3 Å². The number of benzene rings is 2. The number of amides is 2. The van der Waals surface area contributed by atoms with Gasteiger partial charge < -0.3 is 9.64 Å². The molecule has 1 saturated heterocycles. The maximum absolute atomic E-state index is 14.8. The highest BCUT2D eigenvalue weighted by Crippen LogP contribution is 2.35. The van der Waals surface area contributed by atoms with Crippen molar-refractivity contribution in [2.45, 2.75) is 31.7 Å². The third-order valence-corrected chi connectivity index (χ3v) is 7.49. The normalized spacial score (nSPS) is 20.4. The molecular weight excluding hydrogens is 478 g/mol. The molecule has 0 N–H and O–H groups in total. The summed E-state index contributed by atoms with van der Waals surface area (Å²) in [6.07, 6.45) is 3.00. The molecule has 2 heterocycles. The van der Waals surface area contributed by atoms with Gasteiger partial charge in [0, 0.05) is 44.1 Å². The summed E-state index contributed by atoms with van der Waals surface area (Å²) in [5.41, 5.74) is 1.61. The number of hydrazone groups is 1. The van der Waals surface area contributed by atoms with Crippen LogP contribution in [0.25, 0.3) is 0 Å². The van der Waals surface area contributed by atoms with Gasteiger partial charge in [-0.25, -0.2) is 13.8 Å². The molecule has 1 aliphatic carbocycles. The molecule has 196 valence electrons. The molecule has 37 heavy (non-hydrogen) atoms. The molecule has 7 nitrogen and oxygen atoms in total. The lowest BCUT2D eigenvalue weighted by Crippen LogP contribution is -2.49. The second-order valence-corrected chi connectivity index (χ2v) is 9.87. The third-order valence-electron chi connectivity index (χ3n) is 7.49. The summed E-state index contributed by atoms with van der Waals surface area (Å²) < 4.78 is 33.7. The molecule has 2 amide bonds. The molecule has 1 unspecified atom stereocenters. The van der Waals surface area contributed by atoms with Crippen LogP contribution in [0.1, 0.15) is 42.9 Å². The first-order valence-electron chi connectivity index (χ1n) is 13.0. The van der Waals surface area contributed by atoms with Gasteiger partial charge in [-0.2, -0.15) is 5.10 Å². The van der Waals surface area contributed by atoms with E-state index in [1.807, 2.05) is 0 Å². The van der Waals surface area contributed by atoms with E-state index in [4.69, 9.17) is 4.74 Å². The van der Waals surface area contributed by atoms with Gasteiger partial charge in [0.25, 0.3) is 5.91 Å². The van der Waals surface area contributed by atoms with E-state index in [1.165, 1.54) is 23.2 Å². The summed E-state index contributed by atoms with van der Waals surface area (Å²) in [5.74, 6) is -1.20. The number of hydrogen-bond donors (Lipinski definition) is 0. The van der Waals surface area contributed by atoms with Gasteiger partial charge in [-0.1, -0.05) is 36.8 Å². The lowest BCUT2D eigenvalue weighted by Gasteiger charge is -2.34. The molecule has 0 aromatic heterocycles. The summed E-state index contributed by atoms with van der Waals surface area (Å²) >= 11 is 0. The summed E-state index contributed by atoms with van der Waals surface area (Å²) in [5, 5.41) is 5.89. The van der Waals surface area contributed by atoms with Crippen molar-refractivity contribution >= 4 is 17.5 Å². The number of carbonyl (C=O) groups excluding carboxylic acids is 2. The van der Waals surface area contributed by atoms with Gasteiger partial charge in [-0.15, -0.1) is 0 Å². The number of hydrogen-bond acceptors (Lipinski definition) is 5. The quantitative estimate of drug-likeness (QED) is 0.545. The van der Waals surface area contributed by atoms with E-state index < -0.39 is 11.9 Å². The molecule has 5 rings (SSSR count). The SMILES string of the molecule is O=C(C1CCC1)N(CCN1CCOCC1)CC(=O)N1N=C(c2ccc(F)cc2)CC1c1ccccc1F. The number of nitrogens with zero attached hydrogens (tertiary/aromatic N) is 4. The van der Waals surface area contributed by atoms with Crippen LogP contribution in [0.4, 0.5) is 8.78 Å². The largest absolute Gasteiger partial charge is 0.379 e. The number of carbonyl (C=O) groups is 2. The Morgan fingerprint density at radius 1 is 1.03 bits per heavy atom. The van der Waals surface area contributed by atoms with Gasteiger partial charge in [-0.3, -0.25) is 14.5 Å². The van der Waals surface area contributed by atoms with Crippen LogP contribution in [0.3, 0.4) is 0 Å². The van der Waals surface area contributed by atoms with E-state index in [2.05, 4.69) is 10.0 Å². The van der Waals surface area contributed by atoms with Gasteiger partial charge >= 0.3 is 0 Å². The minimum atomic E-state index is -0.645. The predicted octanol–water partition coefficient (Wildman–Crippen LogP) is 3.60.